The summed E-state index contributed by atoms with van der Waals surface area (Å²) >= 11 is 0. The highest BCUT2D eigenvalue weighted by molar-refractivity contribution is 5.47. The van der Waals surface area contributed by atoms with E-state index >= 15 is 0 Å². The molecule has 0 radical (unpaired) electrons. The SMILES string of the molecule is CC1(C)[C@H]2CC[C@@]1(C)[C@H](NC=O)C2. The van der Waals surface area contributed by atoms with Gasteiger partial charge >= 0.3 is 0 Å². The van der Waals surface area contributed by atoms with Crippen LogP contribution >= 0.6 is 0 Å². The Morgan fingerprint density at radius 2 is 2.08 bits per heavy atom. The second-order valence-electron chi connectivity index (χ2n) is 5.45. The van der Waals surface area contributed by atoms with Crippen molar-refractivity contribution in [2.24, 2.45) is 16.7 Å². The van der Waals surface area contributed by atoms with E-state index in [1.165, 1.54) is 19.3 Å². The van der Waals surface area contributed by atoms with Crippen LogP contribution in [0.15, 0.2) is 0 Å². The summed E-state index contributed by atoms with van der Waals surface area (Å²) in [5.41, 5.74) is 0.742. The van der Waals surface area contributed by atoms with Crippen LogP contribution in [0, 0.1) is 16.7 Å². The summed E-state index contributed by atoms with van der Waals surface area (Å²) in [6.07, 6.45) is 4.67. The zero-order valence-corrected chi connectivity index (χ0v) is 8.76. The van der Waals surface area contributed by atoms with Crippen LogP contribution in [0.1, 0.15) is 40.0 Å². The van der Waals surface area contributed by atoms with Crippen molar-refractivity contribution in [2.45, 2.75) is 46.1 Å². The van der Waals surface area contributed by atoms with Gasteiger partial charge in [-0.3, -0.25) is 4.79 Å². The molecule has 2 fully saturated rings. The maximum absolute atomic E-state index is 10.5. The predicted octanol–water partition coefficient (Wildman–Crippen LogP) is 1.95. The minimum absolute atomic E-state index is 0.332. The summed E-state index contributed by atoms with van der Waals surface area (Å²) < 4.78 is 0. The van der Waals surface area contributed by atoms with E-state index in [2.05, 4.69) is 26.1 Å². The molecule has 0 saturated heterocycles. The highest BCUT2D eigenvalue weighted by atomic mass is 16.1. The summed E-state index contributed by atoms with van der Waals surface area (Å²) in [5, 5.41) is 2.99. The lowest BCUT2D eigenvalue weighted by atomic mass is 9.69. The molecule has 74 valence electrons. The van der Waals surface area contributed by atoms with Crippen LogP contribution < -0.4 is 5.32 Å². The topological polar surface area (TPSA) is 29.1 Å². The van der Waals surface area contributed by atoms with Gasteiger partial charge in [0.1, 0.15) is 0 Å². The standard InChI is InChI=1S/C11H19NO/c1-10(2)8-4-5-11(10,3)9(6-8)12-7-13/h7-9H,4-6H2,1-3H3,(H,12,13)/t8-,9+,11-/m0/s1. The third-order valence-corrected chi connectivity index (χ3v) is 5.06. The summed E-state index contributed by atoms with van der Waals surface area (Å²) in [6, 6.07) is 0.416. The molecule has 0 spiro atoms. The first kappa shape index (κ1) is 9.04. The number of rotatable bonds is 2. The molecule has 3 atom stereocenters. The Morgan fingerprint density at radius 1 is 1.38 bits per heavy atom. The predicted molar refractivity (Wildman–Crippen MR) is 52.2 cm³/mol. The fraction of sp³-hybridized carbons (Fsp3) is 0.909. The molecule has 2 nitrogen and oxygen atoms in total. The number of hydrogen-bond donors (Lipinski definition) is 1. The maximum Gasteiger partial charge on any atom is 0.207 e. The minimum atomic E-state index is 0.332. The smallest absolute Gasteiger partial charge is 0.207 e. The Balaban J connectivity index is 2.27. The van der Waals surface area contributed by atoms with E-state index in [9.17, 15) is 4.79 Å². The van der Waals surface area contributed by atoms with Crippen LogP contribution in [0.4, 0.5) is 0 Å². The molecule has 2 saturated carbocycles. The van der Waals surface area contributed by atoms with Gasteiger partial charge in [-0.25, -0.2) is 0 Å². The molecule has 2 heteroatoms. The lowest BCUT2D eigenvalue weighted by Crippen LogP contribution is -2.43. The zero-order valence-electron chi connectivity index (χ0n) is 8.76. The second-order valence-corrected chi connectivity index (χ2v) is 5.45. The molecule has 2 aliphatic rings. The Kier molecular flexibility index (Phi) is 1.73. The molecular weight excluding hydrogens is 162 g/mol. The first-order valence-electron chi connectivity index (χ1n) is 5.22. The third kappa shape index (κ3) is 0.918. The van der Waals surface area contributed by atoms with Crippen LogP contribution in [0.25, 0.3) is 0 Å². The quantitative estimate of drug-likeness (QED) is 0.648. The maximum atomic E-state index is 10.5. The van der Waals surface area contributed by atoms with Gasteiger partial charge in [-0.05, 0) is 36.0 Å². The minimum Gasteiger partial charge on any atom is -0.355 e. The Hall–Kier alpha value is -0.530. The Morgan fingerprint density at radius 3 is 2.46 bits per heavy atom. The second kappa shape index (κ2) is 2.49. The van der Waals surface area contributed by atoms with Crippen LogP contribution in [0.2, 0.25) is 0 Å². The van der Waals surface area contributed by atoms with E-state index < -0.39 is 0 Å². The van der Waals surface area contributed by atoms with Crippen molar-refractivity contribution in [2.75, 3.05) is 0 Å². The van der Waals surface area contributed by atoms with Crippen molar-refractivity contribution in [1.82, 2.24) is 5.32 Å². The summed E-state index contributed by atoms with van der Waals surface area (Å²) in [7, 11) is 0. The largest absolute Gasteiger partial charge is 0.355 e. The number of carbonyl (C=O) groups excluding carboxylic acids is 1. The van der Waals surface area contributed by atoms with Gasteiger partial charge in [-0.2, -0.15) is 0 Å². The highest BCUT2D eigenvalue weighted by Gasteiger charge is 2.61. The highest BCUT2D eigenvalue weighted by Crippen LogP contribution is 2.65. The summed E-state index contributed by atoms with van der Waals surface area (Å²) in [6.45, 7) is 7.05. The number of fused-ring (bicyclic) bond motifs is 2. The first-order chi connectivity index (χ1) is 6.02. The normalized spacial score (nSPS) is 46.4. The molecule has 0 aromatic carbocycles. The van der Waals surface area contributed by atoms with Crippen LogP contribution in [-0.2, 0) is 4.79 Å². The average molecular weight is 181 g/mol. The van der Waals surface area contributed by atoms with Crippen molar-refractivity contribution < 1.29 is 4.79 Å². The Bertz CT molecular complexity index is 236. The van der Waals surface area contributed by atoms with Crippen molar-refractivity contribution in [3.63, 3.8) is 0 Å². The molecule has 0 unspecified atom stereocenters. The molecule has 0 heterocycles. The van der Waals surface area contributed by atoms with Crippen LogP contribution in [-0.4, -0.2) is 12.5 Å². The van der Waals surface area contributed by atoms with Gasteiger partial charge in [0.05, 0.1) is 0 Å². The number of hydrogen-bond acceptors (Lipinski definition) is 1. The van der Waals surface area contributed by atoms with Crippen molar-refractivity contribution in [3.8, 4) is 0 Å². The average Bonchev–Trinajstić information content (AvgIpc) is 2.37. The molecule has 1 amide bonds. The molecule has 13 heavy (non-hydrogen) atoms. The molecule has 0 aliphatic heterocycles. The third-order valence-electron chi connectivity index (χ3n) is 5.06. The van der Waals surface area contributed by atoms with Crippen molar-refractivity contribution >= 4 is 6.41 Å². The van der Waals surface area contributed by atoms with Crippen molar-refractivity contribution in [3.05, 3.63) is 0 Å². The van der Waals surface area contributed by atoms with Crippen LogP contribution in [0.3, 0.4) is 0 Å². The molecule has 1 N–H and O–H groups in total. The number of nitrogens with one attached hydrogen (secondary N) is 1. The van der Waals surface area contributed by atoms with Gasteiger partial charge in [-0.1, -0.05) is 20.8 Å². The monoisotopic (exact) mass is 181 g/mol. The molecule has 0 aromatic heterocycles. The number of carbonyl (C=O) groups is 1. The molecule has 2 rings (SSSR count). The lowest BCUT2D eigenvalue weighted by Gasteiger charge is -2.38. The molecule has 0 aromatic rings. The molecule has 2 bridgehead atoms. The molecular formula is C11H19NO. The van der Waals surface area contributed by atoms with E-state index in [1.807, 2.05) is 0 Å². The number of amides is 1. The summed E-state index contributed by atoms with van der Waals surface area (Å²) in [4.78, 5) is 10.5. The van der Waals surface area contributed by atoms with Gasteiger partial charge in [-0.15, -0.1) is 0 Å². The van der Waals surface area contributed by atoms with Gasteiger partial charge in [0.15, 0.2) is 0 Å². The van der Waals surface area contributed by atoms with Gasteiger partial charge in [0.2, 0.25) is 6.41 Å². The molecule has 2 aliphatic carbocycles. The zero-order chi connectivity index (χ0) is 9.69. The lowest BCUT2D eigenvalue weighted by molar-refractivity contribution is -0.111. The Labute approximate surface area is 80.1 Å². The van der Waals surface area contributed by atoms with Gasteiger partial charge in [0.25, 0.3) is 0 Å². The van der Waals surface area contributed by atoms with E-state index in [4.69, 9.17) is 0 Å². The van der Waals surface area contributed by atoms with Crippen molar-refractivity contribution in [1.29, 1.82) is 0 Å². The van der Waals surface area contributed by atoms with E-state index in [1.54, 1.807) is 0 Å². The fourth-order valence-electron chi connectivity index (χ4n) is 3.54. The van der Waals surface area contributed by atoms with E-state index in [0.717, 1.165) is 12.3 Å². The van der Waals surface area contributed by atoms with Crippen LogP contribution in [0.5, 0.6) is 0 Å². The van der Waals surface area contributed by atoms with Gasteiger partial charge in [0, 0.05) is 6.04 Å². The summed E-state index contributed by atoms with van der Waals surface area (Å²) in [5.74, 6) is 0.815. The van der Waals surface area contributed by atoms with E-state index in [-0.39, 0.29) is 0 Å². The van der Waals surface area contributed by atoms with Gasteiger partial charge < -0.3 is 5.32 Å². The first-order valence-corrected chi connectivity index (χ1v) is 5.22. The van der Waals surface area contributed by atoms with E-state index in [0.29, 0.717) is 16.9 Å². The fourth-order valence-corrected chi connectivity index (χ4v) is 3.54.